The fourth-order valence-electron chi connectivity index (χ4n) is 1.74. The molecule has 0 saturated heterocycles. The molecule has 0 radical (unpaired) electrons. The Kier molecular flexibility index (Phi) is 3.72. The number of benzene rings is 2. The molecule has 0 bridgehead atoms. The molecule has 0 saturated carbocycles. The minimum absolute atomic E-state index is 0.478. The Bertz CT molecular complexity index is 537. The van der Waals surface area contributed by atoms with Crippen LogP contribution in [-0.2, 0) is 0 Å². The van der Waals surface area contributed by atoms with Crippen LogP contribution in [0, 0.1) is 6.92 Å². The molecular weight excluding hydrogens is 255 g/mol. The highest BCUT2D eigenvalue weighted by molar-refractivity contribution is 6.35. The maximum absolute atomic E-state index is 10.3. The van der Waals surface area contributed by atoms with E-state index in [9.17, 15) is 5.11 Å². The lowest BCUT2D eigenvalue weighted by Crippen LogP contribution is -2.00. The molecule has 0 unspecified atom stereocenters. The first-order valence-electron chi connectivity index (χ1n) is 5.27. The topological polar surface area (TPSA) is 20.2 Å². The second-order valence-electron chi connectivity index (χ2n) is 3.98. The quantitative estimate of drug-likeness (QED) is 0.855. The van der Waals surface area contributed by atoms with Gasteiger partial charge in [-0.2, -0.15) is 0 Å². The molecule has 17 heavy (non-hydrogen) atoms. The lowest BCUT2D eigenvalue weighted by atomic mass is 10.00. The number of aliphatic hydroxyl groups excluding tert-OH is 1. The van der Waals surface area contributed by atoms with E-state index in [1.807, 2.05) is 31.2 Å². The lowest BCUT2D eigenvalue weighted by Gasteiger charge is -2.13. The van der Waals surface area contributed by atoms with Crippen molar-refractivity contribution in [2.45, 2.75) is 13.0 Å². The Morgan fingerprint density at radius 3 is 2.47 bits per heavy atom. The molecule has 0 spiro atoms. The summed E-state index contributed by atoms with van der Waals surface area (Å²) in [6.07, 6.45) is -0.723. The van der Waals surface area contributed by atoms with Crippen LogP contribution in [0.4, 0.5) is 0 Å². The van der Waals surface area contributed by atoms with Crippen molar-refractivity contribution in [3.05, 3.63) is 69.2 Å². The van der Waals surface area contributed by atoms with Crippen molar-refractivity contribution in [1.29, 1.82) is 0 Å². The predicted octanol–water partition coefficient (Wildman–Crippen LogP) is 4.38. The van der Waals surface area contributed by atoms with Gasteiger partial charge >= 0.3 is 0 Å². The molecule has 88 valence electrons. The van der Waals surface area contributed by atoms with E-state index in [4.69, 9.17) is 23.2 Å². The van der Waals surface area contributed by atoms with Crippen LogP contribution in [-0.4, -0.2) is 5.11 Å². The highest BCUT2D eigenvalue weighted by Crippen LogP contribution is 2.30. The molecule has 0 heterocycles. The summed E-state index contributed by atoms with van der Waals surface area (Å²) in [5, 5.41) is 11.3. The maximum atomic E-state index is 10.3. The molecular formula is C14H12Cl2O. The zero-order valence-corrected chi connectivity index (χ0v) is 10.8. The molecule has 3 heteroatoms. The highest BCUT2D eigenvalue weighted by atomic mass is 35.5. The van der Waals surface area contributed by atoms with Crippen molar-refractivity contribution in [3.63, 3.8) is 0 Å². The summed E-state index contributed by atoms with van der Waals surface area (Å²) in [6, 6.07) is 12.8. The van der Waals surface area contributed by atoms with Crippen molar-refractivity contribution in [2.24, 2.45) is 0 Å². The van der Waals surface area contributed by atoms with Gasteiger partial charge < -0.3 is 5.11 Å². The molecule has 2 rings (SSSR count). The Balaban J connectivity index is 2.40. The second-order valence-corrected chi connectivity index (χ2v) is 4.83. The monoisotopic (exact) mass is 266 g/mol. The summed E-state index contributed by atoms with van der Waals surface area (Å²) in [5.74, 6) is 0. The van der Waals surface area contributed by atoms with Crippen LogP contribution in [0.5, 0.6) is 0 Å². The van der Waals surface area contributed by atoms with E-state index in [1.165, 1.54) is 0 Å². The van der Waals surface area contributed by atoms with E-state index in [0.717, 1.165) is 11.1 Å². The molecule has 0 aromatic heterocycles. The number of hydrogen-bond acceptors (Lipinski definition) is 1. The van der Waals surface area contributed by atoms with Crippen molar-refractivity contribution in [2.75, 3.05) is 0 Å². The standard InChI is InChI=1S/C14H12Cl2O/c1-9-3-2-4-10(7-9)14(17)12-6-5-11(15)8-13(12)16/h2-8,14,17H,1H3/t14-/m1/s1. The first-order chi connectivity index (χ1) is 8.08. The molecule has 0 aliphatic heterocycles. The molecule has 2 aromatic rings. The molecule has 0 aliphatic rings. The summed E-state index contributed by atoms with van der Waals surface area (Å²) < 4.78 is 0. The zero-order valence-electron chi connectivity index (χ0n) is 9.32. The van der Waals surface area contributed by atoms with Gasteiger partial charge in [0.2, 0.25) is 0 Å². The molecule has 1 N–H and O–H groups in total. The number of halogens is 2. The minimum atomic E-state index is -0.723. The third-order valence-corrected chi connectivity index (χ3v) is 3.18. The molecule has 1 nitrogen and oxygen atoms in total. The first-order valence-corrected chi connectivity index (χ1v) is 6.03. The fourth-order valence-corrected chi connectivity index (χ4v) is 2.25. The maximum Gasteiger partial charge on any atom is 0.105 e. The van der Waals surface area contributed by atoms with Gasteiger partial charge in [-0.25, -0.2) is 0 Å². The molecule has 0 fully saturated rings. The largest absolute Gasteiger partial charge is 0.384 e. The normalized spacial score (nSPS) is 12.5. The average Bonchev–Trinajstić information content (AvgIpc) is 2.28. The van der Waals surface area contributed by atoms with Gasteiger partial charge in [-0.15, -0.1) is 0 Å². The third kappa shape index (κ3) is 2.81. The Morgan fingerprint density at radius 1 is 1.06 bits per heavy atom. The van der Waals surface area contributed by atoms with Crippen LogP contribution < -0.4 is 0 Å². The van der Waals surface area contributed by atoms with Crippen LogP contribution in [0.1, 0.15) is 22.8 Å². The van der Waals surface area contributed by atoms with E-state index in [1.54, 1.807) is 18.2 Å². The van der Waals surface area contributed by atoms with Gasteiger partial charge in [-0.3, -0.25) is 0 Å². The Hall–Kier alpha value is -1.02. The van der Waals surface area contributed by atoms with E-state index in [-0.39, 0.29) is 0 Å². The average molecular weight is 267 g/mol. The number of rotatable bonds is 2. The van der Waals surface area contributed by atoms with E-state index in [0.29, 0.717) is 15.6 Å². The fraction of sp³-hybridized carbons (Fsp3) is 0.143. The zero-order chi connectivity index (χ0) is 12.4. The Labute approximate surface area is 111 Å². The molecule has 0 amide bonds. The van der Waals surface area contributed by atoms with Gasteiger partial charge in [0.1, 0.15) is 6.10 Å². The van der Waals surface area contributed by atoms with Crippen molar-refractivity contribution in [3.8, 4) is 0 Å². The van der Waals surface area contributed by atoms with Crippen LogP contribution in [0.25, 0.3) is 0 Å². The second kappa shape index (κ2) is 5.09. The lowest BCUT2D eigenvalue weighted by molar-refractivity contribution is 0.220. The van der Waals surface area contributed by atoms with Crippen LogP contribution in [0.2, 0.25) is 10.0 Å². The summed E-state index contributed by atoms with van der Waals surface area (Å²) in [4.78, 5) is 0. The third-order valence-electron chi connectivity index (χ3n) is 2.61. The van der Waals surface area contributed by atoms with Crippen LogP contribution >= 0.6 is 23.2 Å². The highest BCUT2D eigenvalue weighted by Gasteiger charge is 2.14. The first kappa shape index (κ1) is 12.4. The van der Waals surface area contributed by atoms with Crippen molar-refractivity contribution in [1.82, 2.24) is 0 Å². The van der Waals surface area contributed by atoms with E-state index < -0.39 is 6.10 Å². The number of hydrogen-bond donors (Lipinski definition) is 1. The molecule has 0 aliphatic carbocycles. The van der Waals surface area contributed by atoms with Crippen LogP contribution in [0.15, 0.2) is 42.5 Å². The van der Waals surface area contributed by atoms with E-state index in [2.05, 4.69) is 0 Å². The molecule has 2 aromatic carbocycles. The summed E-state index contributed by atoms with van der Waals surface area (Å²) >= 11 is 11.9. The van der Waals surface area contributed by atoms with Crippen molar-refractivity contribution >= 4 is 23.2 Å². The van der Waals surface area contributed by atoms with Crippen molar-refractivity contribution < 1.29 is 5.11 Å². The summed E-state index contributed by atoms with van der Waals surface area (Å²) in [6.45, 7) is 1.99. The smallest absolute Gasteiger partial charge is 0.105 e. The summed E-state index contributed by atoms with van der Waals surface area (Å²) in [5.41, 5.74) is 2.60. The van der Waals surface area contributed by atoms with Crippen LogP contribution in [0.3, 0.4) is 0 Å². The SMILES string of the molecule is Cc1cccc([C@@H](O)c2ccc(Cl)cc2Cl)c1. The summed E-state index contributed by atoms with van der Waals surface area (Å²) in [7, 11) is 0. The van der Waals surface area contributed by atoms with Gasteiger partial charge in [-0.05, 0) is 24.6 Å². The van der Waals surface area contributed by atoms with Gasteiger partial charge in [-0.1, -0.05) is 59.1 Å². The number of aliphatic hydroxyl groups is 1. The van der Waals surface area contributed by atoms with Gasteiger partial charge in [0, 0.05) is 15.6 Å². The van der Waals surface area contributed by atoms with Gasteiger partial charge in [0.25, 0.3) is 0 Å². The van der Waals surface area contributed by atoms with E-state index >= 15 is 0 Å². The minimum Gasteiger partial charge on any atom is -0.384 e. The predicted molar refractivity (Wildman–Crippen MR) is 71.7 cm³/mol. The van der Waals surface area contributed by atoms with Gasteiger partial charge in [0.15, 0.2) is 0 Å². The Morgan fingerprint density at radius 2 is 1.82 bits per heavy atom. The number of aryl methyl sites for hydroxylation is 1. The molecule has 1 atom stereocenters. The van der Waals surface area contributed by atoms with Gasteiger partial charge in [0.05, 0.1) is 0 Å².